The highest BCUT2D eigenvalue weighted by atomic mass is 35.5. The first kappa shape index (κ1) is 12.5. The Morgan fingerprint density at radius 1 is 1.17 bits per heavy atom. The van der Waals surface area contributed by atoms with Crippen molar-refractivity contribution in [1.29, 1.82) is 0 Å². The number of hydrogen-bond acceptors (Lipinski definition) is 3. The van der Waals surface area contributed by atoms with Crippen LogP contribution in [-0.2, 0) is 6.18 Å². The van der Waals surface area contributed by atoms with Gasteiger partial charge < -0.3 is 15.7 Å². The van der Waals surface area contributed by atoms with Crippen molar-refractivity contribution in [3.63, 3.8) is 0 Å². The summed E-state index contributed by atoms with van der Waals surface area (Å²) in [5, 5.41) is -0.465. The van der Waals surface area contributed by atoms with Crippen molar-refractivity contribution < 1.29 is 13.2 Å². The fourth-order valence-electron chi connectivity index (χ4n) is 1.47. The van der Waals surface area contributed by atoms with E-state index in [4.69, 9.17) is 17.3 Å². The molecule has 18 heavy (non-hydrogen) atoms. The van der Waals surface area contributed by atoms with Gasteiger partial charge in [0.2, 0.25) is 0 Å². The van der Waals surface area contributed by atoms with Crippen LogP contribution < -0.4 is 16.9 Å². The number of nitrogen functional groups attached to an aromatic ring is 1. The van der Waals surface area contributed by atoms with Crippen molar-refractivity contribution in [2.45, 2.75) is 6.18 Å². The first-order valence-corrected chi connectivity index (χ1v) is 4.91. The minimum absolute atomic E-state index is 0.147. The molecule has 0 spiro atoms. The summed E-state index contributed by atoms with van der Waals surface area (Å²) in [4.78, 5) is 26.2. The number of nitrogens with two attached hydrogens (primary N) is 1. The van der Waals surface area contributed by atoms with Gasteiger partial charge in [-0.2, -0.15) is 13.2 Å². The average Bonchev–Trinajstić information content (AvgIpc) is 2.25. The number of alkyl halides is 3. The Morgan fingerprint density at radius 2 is 1.72 bits per heavy atom. The highest BCUT2D eigenvalue weighted by Gasteiger charge is 2.34. The lowest BCUT2D eigenvalue weighted by molar-refractivity contribution is -0.136. The monoisotopic (exact) mass is 279 g/mol. The van der Waals surface area contributed by atoms with Gasteiger partial charge in [0.1, 0.15) is 0 Å². The lowest BCUT2D eigenvalue weighted by Gasteiger charge is -2.12. The standard InChI is InChI=1S/C9H5ClF3N3O2/c10-4-5(14)2(9(11,12)13)1-3-6(4)16-8(18)7(17)15-3/h1H,14H2,(H,15,17)(H,16,18). The Kier molecular flexibility index (Phi) is 2.62. The summed E-state index contributed by atoms with van der Waals surface area (Å²) in [6, 6.07) is 0.619. The average molecular weight is 280 g/mol. The zero-order chi connectivity index (χ0) is 13.7. The van der Waals surface area contributed by atoms with Crippen LogP contribution in [0.25, 0.3) is 11.0 Å². The number of nitrogens with one attached hydrogen (secondary N) is 2. The quantitative estimate of drug-likeness (QED) is 0.504. The number of halogens is 4. The van der Waals surface area contributed by atoms with Crippen LogP contribution in [0.3, 0.4) is 0 Å². The number of aromatic amines is 2. The molecule has 0 atom stereocenters. The van der Waals surface area contributed by atoms with E-state index in [1.54, 1.807) is 0 Å². The highest BCUT2D eigenvalue weighted by molar-refractivity contribution is 6.37. The molecule has 2 aromatic rings. The lowest BCUT2D eigenvalue weighted by Crippen LogP contribution is -2.29. The number of anilines is 1. The minimum Gasteiger partial charge on any atom is -0.397 e. The molecular formula is C9H5ClF3N3O2. The molecule has 4 N–H and O–H groups in total. The summed E-state index contributed by atoms with van der Waals surface area (Å²) >= 11 is 5.64. The van der Waals surface area contributed by atoms with E-state index in [0.29, 0.717) is 6.07 Å². The summed E-state index contributed by atoms with van der Waals surface area (Å²) < 4.78 is 37.9. The largest absolute Gasteiger partial charge is 0.418 e. The van der Waals surface area contributed by atoms with E-state index in [9.17, 15) is 22.8 Å². The Labute approximate surface area is 101 Å². The molecule has 1 heterocycles. The Balaban J connectivity index is 2.97. The number of aromatic nitrogens is 2. The molecular weight excluding hydrogens is 275 g/mol. The fourth-order valence-corrected chi connectivity index (χ4v) is 1.72. The van der Waals surface area contributed by atoms with Crippen molar-refractivity contribution in [1.82, 2.24) is 9.97 Å². The number of H-pyrrole nitrogens is 2. The molecule has 0 aliphatic rings. The predicted molar refractivity (Wildman–Crippen MR) is 59.6 cm³/mol. The van der Waals surface area contributed by atoms with E-state index in [1.807, 2.05) is 4.98 Å². The van der Waals surface area contributed by atoms with Crippen LogP contribution in [0.5, 0.6) is 0 Å². The molecule has 2 rings (SSSR count). The van der Waals surface area contributed by atoms with Gasteiger partial charge in [0.25, 0.3) is 0 Å². The van der Waals surface area contributed by atoms with Gasteiger partial charge in [-0.25, -0.2) is 0 Å². The van der Waals surface area contributed by atoms with E-state index in [-0.39, 0.29) is 11.0 Å². The summed E-state index contributed by atoms with van der Waals surface area (Å²) in [5.74, 6) is 0. The van der Waals surface area contributed by atoms with Gasteiger partial charge in [-0.3, -0.25) is 9.59 Å². The predicted octanol–water partition coefficient (Wildman–Crippen LogP) is 1.47. The maximum Gasteiger partial charge on any atom is 0.418 e. The molecule has 0 aliphatic heterocycles. The number of fused-ring (bicyclic) bond motifs is 1. The van der Waals surface area contributed by atoms with Crippen molar-refractivity contribution >= 4 is 28.3 Å². The molecule has 0 amide bonds. The van der Waals surface area contributed by atoms with E-state index < -0.39 is 33.6 Å². The van der Waals surface area contributed by atoms with Crippen LogP contribution in [0.4, 0.5) is 18.9 Å². The molecule has 9 heteroatoms. The SMILES string of the molecule is Nc1c(C(F)(F)F)cc2[nH]c(=O)c(=O)[nH]c2c1Cl. The second kappa shape index (κ2) is 3.77. The molecule has 0 radical (unpaired) electrons. The van der Waals surface area contributed by atoms with Gasteiger partial charge in [-0.15, -0.1) is 0 Å². The lowest BCUT2D eigenvalue weighted by atomic mass is 10.1. The van der Waals surface area contributed by atoms with Gasteiger partial charge in [0.05, 0.1) is 27.3 Å². The van der Waals surface area contributed by atoms with Crippen molar-refractivity contribution in [3.8, 4) is 0 Å². The molecule has 0 saturated carbocycles. The number of rotatable bonds is 0. The summed E-state index contributed by atoms with van der Waals surface area (Å²) in [7, 11) is 0. The van der Waals surface area contributed by atoms with Crippen LogP contribution in [-0.4, -0.2) is 9.97 Å². The third-order valence-electron chi connectivity index (χ3n) is 2.30. The number of hydrogen-bond donors (Lipinski definition) is 3. The second-order valence-corrected chi connectivity index (χ2v) is 3.86. The van der Waals surface area contributed by atoms with Crippen molar-refractivity contribution in [3.05, 3.63) is 37.4 Å². The molecule has 0 aliphatic carbocycles. The molecule has 0 fully saturated rings. The first-order chi connectivity index (χ1) is 8.21. The van der Waals surface area contributed by atoms with Gasteiger partial charge in [-0.05, 0) is 6.07 Å². The van der Waals surface area contributed by atoms with Gasteiger partial charge in [-0.1, -0.05) is 11.6 Å². The Bertz CT molecular complexity index is 748. The molecule has 0 saturated heterocycles. The van der Waals surface area contributed by atoms with Crippen LogP contribution >= 0.6 is 11.6 Å². The maximum absolute atomic E-state index is 12.6. The van der Waals surface area contributed by atoms with Crippen molar-refractivity contribution in [2.24, 2.45) is 0 Å². The third kappa shape index (κ3) is 1.84. The van der Waals surface area contributed by atoms with Gasteiger partial charge in [0, 0.05) is 0 Å². The van der Waals surface area contributed by atoms with Crippen LogP contribution in [0, 0.1) is 0 Å². The zero-order valence-corrected chi connectivity index (χ0v) is 9.24. The van der Waals surface area contributed by atoms with Crippen LogP contribution in [0.2, 0.25) is 5.02 Å². The summed E-state index contributed by atoms with van der Waals surface area (Å²) in [5.41, 5.74) is 0.882. The molecule has 0 bridgehead atoms. The van der Waals surface area contributed by atoms with Crippen LogP contribution in [0.15, 0.2) is 15.7 Å². The Morgan fingerprint density at radius 3 is 2.28 bits per heavy atom. The molecule has 5 nitrogen and oxygen atoms in total. The van der Waals surface area contributed by atoms with E-state index in [1.165, 1.54) is 0 Å². The van der Waals surface area contributed by atoms with Crippen molar-refractivity contribution in [2.75, 3.05) is 5.73 Å². The number of benzene rings is 1. The van der Waals surface area contributed by atoms with E-state index in [0.717, 1.165) is 0 Å². The minimum atomic E-state index is -4.71. The molecule has 1 aromatic heterocycles. The summed E-state index contributed by atoms with van der Waals surface area (Å²) in [6.07, 6.45) is -4.71. The Hall–Kier alpha value is -1.96. The maximum atomic E-state index is 12.6. The van der Waals surface area contributed by atoms with Gasteiger partial charge >= 0.3 is 17.3 Å². The zero-order valence-electron chi connectivity index (χ0n) is 8.48. The second-order valence-electron chi connectivity index (χ2n) is 3.48. The molecule has 0 unspecified atom stereocenters. The molecule has 96 valence electrons. The normalized spacial score (nSPS) is 12.0. The fraction of sp³-hybridized carbons (Fsp3) is 0.111. The smallest absolute Gasteiger partial charge is 0.397 e. The third-order valence-corrected chi connectivity index (χ3v) is 2.70. The van der Waals surface area contributed by atoms with E-state index in [2.05, 4.69) is 4.98 Å². The van der Waals surface area contributed by atoms with Crippen LogP contribution in [0.1, 0.15) is 5.56 Å². The topological polar surface area (TPSA) is 91.7 Å². The first-order valence-electron chi connectivity index (χ1n) is 4.53. The summed E-state index contributed by atoms with van der Waals surface area (Å²) in [6.45, 7) is 0. The van der Waals surface area contributed by atoms with Gasteiger partial charge in [0.15, 0.2) is 0 Å². The van der Waals surface area contributed by atoms with E-state index >= 15 is 0 Å². The highest BCUT2D eigenvalue weighted by Crippen LogP contribution is 2.39. The molecule has 1 aromatic carbocycles.